The minimum Gasteiger partial charge on any atom is -0.373 e. The van der Waals surface area contributed by atoms with Crippen molar-refractivity contribution in [3.63, 3.8) is 0 Å². The molecule has 0 bridgehead atoms. The van der Waals surface area contributed by atoms with Gasteiger partial charge in [0.05, 0.1) is 5.69 Å². The molecule has 0 atom stereocenters. The molecule has 0 saturated heterocycles. The molecule has 78 valence electrons. The third kappa shape index (κ3) is 2.90. The van der Waals surface area contributed by atoms with Gasteiger partial charge in [-0.1, -0.05) is 29.2 Å². The Morgan fingerprint density at radius 1 is 1.47 bits per heavy atom. The third-order valence-corrected chi connectivity index (χ3v) is 3.64. The number of rotatable bonds is 4. The Balaban J connectivity index is 1.98. The van der Waals surface area contributed by atoms with E-state index in [1.807, 2.05) is 25.2 Å². The SMILES string of the molecule is CNc1cccc(CSc2nncs2)n1. The molecule has 0 amide bonds. The summed E-state index contributed by atoms with van der Waals surface area (Å²) in [6.07, 6.45) is 0. The predicted molar refractivity (Wildman–Crippen MR) is 63.3 cm³/mol. The fraction of sp³-hybridized carbons (Fsp3) is 0.222. The van der Waals surface area contributed by atoms with Gasteiger partial charge in [-0.05, 0) is 12.1 Å². The van der Waals surface area contributed by atoms with Crippen molar-refractivity contribution in [3.8, 4) is 0 Å². The standard InChI is InChI=1S/C9H10N4S2/c1-10-8-4-2-3-7(12-8)5-14-9-13-11-6-15-9/h2-4,6H,5H2,1H3,(H,10,12). The Bertz CT molecular complexity index is 416. The molecule has 0 radical (unpaired) electrons. The normalized spacial score (nSPS) is 10.2. The first-order valence-corrected chi connectivity index (χ1v) is 6.27. The summed E-state index contributed by atoms with van der Waals surface area (Å²) in [4.78, 5) is 4.42. The third-order valence-electron chi connectivity index (χ3n) is 1.75. The van der Waals surface area contributed by atoms with E-state index in [1.165, 1.54) is 0 Å². The van der Waals surface area contributed by atoms with Crippen LogP contribution >= 0.6 is 23.1 Å². The van der Waals surface area contributed by atoms with Crippen molar-refractivity contribution in [2.45, 2.75) is 10.1 Å². The number of nitrogens with one attached hydrogen (secondary N) is 1. The Morgan fingerprint density at radius 3 is 3.13 bits per heavy atom. The van der Waals surface area contributed by atoms with E-state index in [9.17, 15) is 0 Å². The first kappa shape index (κ1) is 10.4. The molecular weight excluding hydrogens is 228 g/mol. The molecular formula is C9H10N4S2. The fourth-order valence-electron chi connectivity index (χ4n) is 1.06. The van der Waals surface area contributed by atoms with Gasteiger partial charge in [0.1, 0.15) is 11.3 Å². The molecule has 2 heterocycles. The second-order valence-corrected chi connectivity index (χ2v) is 4.81. The molecule has 0 spiro atoms. The first-order chi connectivity index (χ1) is 7.38. The lowest BCUT2D eigenvalue weighted by atomic mass is 10.4. The highest BCUT2D eigenvalue weighted by atomic mass is 32.2. The van der Waals surface area contributed by atoms with Crippen LogP contribution in [0.4, 0.5) is 5.82 Å². The lowest BCUT2D eigenvalue weighted by Gasteiger charge is -2.01. The Morgan fingerprint density at radius 2 is 2.40 bits per heavy atom. The number of anilines is 1. The number of thioether (sulfide) groups is 1. The average Bonchev–Trinajstić information content (AvgIpc) is 2.79. The Labute approximate surface area is 96.2 Å². The number of pyridine rings is 1. The van der Waals surface area contributed by atoms with Crippen molar-refractivity contribution in [2.24, 2.45) is 0 Å². The minimum absolute atomic E-state index is 0.824. The van der Waals surface area contributed by atoms with Crippen LogP contribution in [0.5, 0.6) is 0 Å². The highest BCUT2D eigenvalue weighted by molar-refractivity contribution is 8.00. The van der Waals surface area contributed by atoms with Crippen LogP contribution in [0.1, 0.15) is 5.69 Å². The van der Waals surface area contributed by atoms with Gasteiger partial charge < -0.3 is 5.32 Å². The van der Waals surface area contributed by atoms with E-state index >= 15 is 0 Å². The predicted octanol–water partition coefficient (Wildman–Crippen LogP) is 2.27. The van der Waals surface area contributed by atoms with E-state index in [2.05, 4.69) is 20.5 Å². The quantitative estimate of drug-likeness (QED) is 0.828. The van der Waals surface area contributed by atoms with Gasteiger partial charge in [0.2, 0.25) is 0 Å². The van der Waals surface area contributed by atoms with Crippen LogP contribution in [-0.2, 0) is 5.75 Å². The van der Waals surface area contributed by atoms with Crippen LogP contribution in [0.2, 0.25) is 0 Å². The monoisotopic (exact) mass is 238 g/mol. The minimum atomic E-state index is 0.824. The summed E-state index contributed by atoms with van der Waals surface area (Å²) < 4.78 is 0.978. The van der Waals surface area contributed by atoms with E-state index in [4.69, 9.17) is 0 Å². The van der Waals surface area contributed by atoms with Gasteiger partial charge in [-0.3, -0.25) is 0 Å². The van der Waals surface area contributed by atoms with Crippen molar-refractivity contribution in [1.82, 2.24) is 15.2 Å². The average molecular weight is 238 g/mol. The molecule has 4 nitrogen and oxygen atoms in total. The first-order valence-electron chi connectivity index (χ1n) is 4.41. The zero-order valence-electron chi connectivity index (χ0n) is 8.17. The fourth-order valence-corrected chi connectivity index (χ4v) is 2.45. The number of hydrogen-bond acceptors (Lipinski definition) is 6. The van der Waals surface area contributed by atoms with E-state index in [1.54, 1.807) is 28.6 Å². The zero-order chi connectivity index (χ0) is 10.5. The Hall–Kier alpha value is -1.14. The van der Waals surface area contributed by atoms with Gasteiger partial charge in [-0.2, -0.15) is 0 Å². The largest absolute Gasteiger partial charge is 0.373 e. The van der Waals surface area contributed by atoms with Crippen LogP contribution in [0, 0.1) is 0 Å². The molecule has 2 aromatic rings. The highest BCUT2D eigenvalue weighted by Gasteiger charge is 2.00. The summed E-state index contributed by atoms with van der Waals surface area (Å²) in [6, 6.07) is 5.95. The molecule has 0 unspecified atom stereocenters. The van der Waals surface area contributed by atoms with Crippen LogP contribution in [0.3, 0.4) is 0 Å². The zero-order valence-corrected chi connectivity index (χ0v) is 9.81. The molecule has 0 fully saturated rings. The van der Waals surface area contributed by atoms with Gasteiger partial charge in [-0.25, -0.2) is 4.98 Å². The molecule has 0 aliphatic carbocycles. The Kier molecular flexibility index (Phi) is 3.52. The molecule has 1 N–H and O–H groups in total. The topological polar surface area (TPSA) is 50.7 Å². The number of nitrogens with zero attached hydrogens (tertiary/aromatic N) is 3. The number of aromatic nitrogens is 3. The molecule has 0 saturated carbocycles. The molecule has 2 aromatic heterocycles. The van der Waals surface area contributed by atoms with Crippen LogP contribution in [0.15, 0.2) is 28.0 Å². The van der Waals surface area contributed by atoms with E-state index in [-0.39, 0.29) is 0 Å². The molecule has 6 heteroatoms. The van der Waals surface area contributed by atoms with Crippen molar-refractivity contribution in [2.75, 3.05) is 12.4 Å². The molecule has 0 aromatic carbocycles. The second kappa shape index (κ2) is 5.09. The molecule has 0 aliphatic rings. The van der Waals surface area contributed by atoms with Gasteiger partial charge in [0, 0.05) is 12.8 Å². The molecule has 15 heavy (non-hydrogen) atoms. The summed E-state index contributed by atoms with van der Waals surface area (Å²) in [7, 11) is 1.87. The molecule has 0 aliphatic heterocycles. The highest BCUT2D eigenvalue weighted by Crippen LogP contribution is 2.23. The van der Waals surface area contributed by atoms with Gasteiger partial charge >= 0.3 is 0 Å². The maximum atomic E-state index is 4.42. The van der Waals surface area contributed by atoms with E-state index < -0.39 is 0 Å². The van der Waals surface area contributed by atoms with Crippen LogP contribution in [0.25, 0.3) is 0 Å². The second-order valence-electron chi connectivity index (χ2n) is 2.76. The van der Waals surface area contributed by atoms with Crippen LogP contribution < -0.4 is 5.32 Å². The smallest absolute Gasteiger partial charge is 0.174 e. The van der Waals surface area contributed by atoms with Gasteiger partial charge in [0.25, 0.3) is 0 Å². The maximum absolute atomic E-state index is 4.42. The summed E-state index contributed by atoms with van der Waals surface area (Å²) in [5.74, 6) is 1.72. The van der Waals surface area contributed by atoms with Gasteiger partial charge in [-0.15, -0.1) is 10.2 Å². The summed E-state index contributed by atoms with van der Waals surface area (Å²) >= 11 is 3.20. The van der Waals surface area contributed by atoms with Gasteiger partial charge in [0.15, 0.2) is 4.34 Å². The van der Waals surface area contributed by atoms with Crippen molar-refractivity contribution in [3.05, 3.63) is 29.4 Å². The maximum Gasteiger partial charge on any atom is 0.174 e. The van der Waals surface area contributed by atoms with E-state index in [0.29, 0.717) is 0 Å². The summed E-state index contributed by atoms with van der Waals surface area (Å²) in [6.45, 7) is 0. The van der Waals surface area contributed by atoms with Crippen molar-refractivity contribution >= 4 is 28.9 Å². The van der Waals surface area contributed by atoms with Crippen molar-refractivity contribution in [1.29, 1.82) is 0 Å². The lowest BCUT2D eigenvalue weighted by Crippen LogP contribution is -1.94. The lowest BCUT2D eigenvalue weighted by molar-refractivity contribution is 1.01. The van der Waals surface area contributed by atoms with Crippen LogP contribution in [-0.4, -0.2) is 22.2 Å². The summed E-state index contributed by atoms with van der Waals surface area (Å²) in [5.41, 5.74) is 2.78. The van der Waals surface area contributed by atoms with E-state index in [0.717, 1.165) is 21.6 Å². The summed E-state index contributed by atoms with van der Waals surface area (Å²) in [5, 5.41) is 10.8. The molecule has 2 rings (SSSR count). The number of hydrogen-bond donors (Lipinski definition) is 1. The van der Waals surface area contributed by atoms with Crippen molar-refractivity contribution < 1.29 is 0 Å².